The van der Waals surface area contributed by atoms with Crippen LogP contribution >= 0.6 is 0 Å². The molecule has 1 unspecified atom stereocenters. The smallest absolute Gasteiger partial charge is 0.290 e. The Balaban J connectivity index is 1.37. The second kappa shape index (κ2) is 8.25. The molecule has 9 heteroatoms. The van der Waals surface area contributed by atoms with Gasteiger partial charge in [-0.1, -0.05) is 0 Å². The molecule has 1 aromatic carbocycles. The van der Waals surface area contributed by atoms with Crippen LogP contribution in [0.4, 0.5) is 8.78 Å². The fraction of sp³-hybridized carbons (Fsp3) is 0.381. The van der Waals surface area contributed by atoms with Crippen molar-refractivity contribution in [2.24, 2.45) is 0 Å². The molecule has 1 aromatic heterocycles. The normalized spacial score (nSPS) is 19.3. The largest absolute Gasteiger partial charge is 0.459 e. The zero-order valence-electron chi connectivity index (χ0n) is 16.2. The lowest BCUT2D eigenvalue weighted by molar-refractivity contribution is -0.136. The molecule has 3 amide bonds. The molecule has 0 spiro atoms. The van der Waals surface area contributed by atoms with Crippen LogP contribution in [-0.2, 0) is 4.79 Å². The molecule has 0 N–H and O–H groups in total. The van der Waals surface area contributed by atoms with E-state index in [0.29, 0.717) is 26.1 Å². The zero-order valence-corrected chi connectivity index (χ0v) is 16.2. The van der Waals surface area contributed by atoms with Gasteiger partial charge in [0.2, 0.25) is 5.91 Å². The molecule has 0 aliphatic carbocycles. The SMILES string of the molecule is O=C(c1ccc(F)c(F)c1)N1CCN(C(=O)C2CCCN2C(=O)c2ccco2)CC1. The lowest BCUT2D eigenvalue weighted by atomic mass is 10.1. The van der Waals surface area contributed by atoms with E-state index >= 15 is 0 Å². The van der Waals surface area contributed by atoms with Crippen molar-refractivity contribution in [2.45, 2.75) is 18.9 Å². The minimum absolute atomic E-state index is 0.0692. The summed E-state index contributed by atoms with van der Waals surface area (Å²) in [5.74, 6) is -2.73. The molecule has 2 aromatic rings. The first-order chi connectivity index (χ1) is 14.5. The van der Waals surface area contributed by atoms with Crippen molar-refractivity contribution in [1.82, 2.24) is 14.7 Å². The molecule has 3 heterocycles. The van der Waals surface area contributed by atoms with E-state index in [4.69, 9.17) is 4.42 Å². The van der Waals surface area contributed by atoms with Crippen molar-refractivity contribution in [3.63, 3.8) is 0 Å². The molecule has 0 saturated carbocycles. The average Bonchev–Trinajstić information content (AvgIpc) is 3.46. The van der Waals surface area contributed by atoms with Crippen molar-refractivity contribution in [3.05, 3.63) is 59.6 Å². The molecule has 2 saturated heterocycles. The summed E-state index contributed by atoms with van der Waals surface area (Å²) < 4.78 is 31.7. The highest BCUT2D eigenvalue weighted by molar-refractivity contribution is 5.96. The fourth-order valence-corrected chi connectivity index (χ4v) is 3.96. The van der Waals surface area contributed by atoms with Gasteiger partial charge in [0.25, 0.3) is 11.8 Å². The summed E-state index contributed by atoms with van der Waals surface area (Å²) in [6.45, 7) is 1.68. The van der Waals surface area contributed by atoms with Crippen LogP contribution in [0, 0.1) is 11.6 Å². The van der Waals surface area contributed by atoms with Gasteiger partial charge in [-0.2, -0.15) is 0 Å². The van der Waals surface area contributed by atoms with E-state index in [1.54, 1.807) is 21.9 Å². The van der Waals surface area contributed by atoms with Crippen LogP contribution in [0.2, 0.25) is 0 Å². The Bertz CT molecular complexity index is 955. The number of carbonyl (C=O) groups excluding carboxylic acids is 3. The highest BCUT2D eigenvalue weighted by Crippen LogP contribution is 2.23. The Morgan fingerprint density at radius 2 is 1.63 bits per heavy atom. The van der Waals surface area contributed by atoms with Gasteiger partial charge >= 0.3 is 0 Å². The predicted molar refractivity (Wildman–Crippen MR) is 102 cm³/mol. The zero-order chi connectivity index (χ0) is 21.3. The van der Waals surface area contributed by atoms with E-state index in [9.17, 15) is 23.2 Å². The summed E-state index contributed by atoms with van der Waals surface area (Å²) >= 11 is 0. The highest BCUT2D eigenvalue weighted by atomic mass is 19.2. The lowest BCUT2D eigenvalue weighted by Crippen LogP contribution is -2.55. The second-order valence-corrected chi connectivity index (χ2v) is 7.38. The van der Waals surface area contributed by atoms with Gasteiger partial charge in [-0.3, -0.25) is 14.4 Å². The Labute approximate surface area is 171 Å². The van der Waals surface area contributed by atoms with Crippen molar-refractivity contribution < 1.29 is 27.6 Å². The van der Waals surface area contributed by atoms with E-state index < -0.39 is 23.6 Å². The second-order valence-electron chi connectivity index (χ2n) is 7.38. The van der Waals surface area contributed by atoms with E-state index in [2.05, 4.69) is 0 Å². The Morgan fingerprint density at radius 1 is 0.900 bits per heavy atom. The van der Waals surface area contributed by atoms with Gasteiger partial charge in [-0.15, -0.1) is 0 Å². The van der Waals surface area contributed by atoms with Crippen LogP contribution in [0.25, 0.3) is 0 Å². The number of hydrogen-bond donors (Lipinski definition) is 0. The predicted octanol–water partition coefficient (Wildman–Crippen LogP) is 2.15. The summed E-state index contributed by atoms with van der Waals surface area (Å²) in [6, 6.07) is 5.71. The van der Waals surface area contributed by atoms with Gasteiger partial charge in [-0.25, -0.2) is 8.78 Å². The number of rotatable bonds is 3. The third-order valence-electron chi connectivity index (χ3n) is 5.58. The fourth-order valence-electron chi connectivity index (χ4n) is 3.96. The van der Waals surface area contributed by atoms with E-state index in [-0.39, 0.29) is 36.2 Å². The standard InChI is InChI=1S/C21H21F2N3O4/c22-15-6-5-14(13-16(15)23)19(27)24-8-10-25(11-9-24)20(28)17-3-1-7-26(17)21(29)18-4-2-12-30-18/h2,4-6,12-13,17H,1,3,7-11H2. The van der Waals surface area contributed by atoms with Crippen molar-refractivity contribution in [1.29, 1.82) is 0 Å². The number of amides is 3. The van der Waals surface area contributed by atoms with Crippen molar-refractivity contribution in [2.75, 3.05) is 32.7 Å². The molecule has 30 heavy (non-hydrogen) atoms. The third kappa shape index (κ3) is 3.79. The molecular weight excluding hydrogens is 396 g/mol. The van der Waals surface area contributed by atoms with Gasteiger partial charge in [-0.05, 0) is 43.2 Å². The number of piperazine rings is 1. The quantitative estimate of drug-likeness (QED) is 0.767. The molecule has 1 atom stereocenters. The summed E-state index contributed by atoms with van der Waals surface area (Å²) in [5, 5.41) is 0. The minimum atomic E-state index is -1.07. The van der Waals surface area contributed by atoms with Crippen LogP contribution in [0.3, 0.4) is 0 Å². The van der Waals surface area contributed by atoms with Crippen molar-refractivity contribution >= 4 is 17.7 Å². The Kier molecular flexibility index (Phi) is 5.52. The first kappa shape index (κ1) is 20.1. The summed E-state index contributed by atoms with van der Waals surface area (Å²) in [7, 11) is 0. The molecule has 2 fully saturated rings. The van der Waals surface area contributed by atoms with Crippen LogP contribution in [0.5, 0.6) is 0 Å². The molecule has 158 valence electrons. The van der Waals surface area contributed by atoms with E-state index in [1.807, 2.05) is 0 Å². The monoisotopic (exact) mass is 417 g/mol. The molecular formula is C21H21F2N3O4. The molecule has 4 rings (SSSR count). The van der Waals surface area contributed by atoms with Gasteiger partial charge in [0, 0.05) is 38.3 Å². The van der Waals surface area contributed by atoms with Gasteiger partial charge < -0.3 is 19.1 Å². The molecule has 0 radical (unpaired) electrons. The minimum Gasteiger partial charge on any atom is -0.459 e. The molecule has 7 nitrogen and oxygen atoms in total. The number of halogens is 2. The topological polar surface area (TPSA) is 74.1 Å². The number of benzene rings is 1. The van der Waals surface area contributed by atoms with E-state index in [1.165, 1.54) is 17.2 Å². The van der Waals surface area contributed by atoms with Crippen LogP contribution < -0.4 is 0 Å². The number of nitrogens with zero attached hydrogens (tertiary/aromatic N) is 3. The number of hydrogen-bond acceptors (Lipinski definition) is 4. The number of likely N-dealkylation sites (tertiary alicyclic amines) is 1. The maximum absolute atomic E-state index is 13.4. The summed E-state index contributed by atoms with van der Waals surface area (Å²) in [6.07, 6.45) is 2.74. The Hall–Kier alpha value is -3.23. The maximum Gasteiger partial charge on any atom is 0.290 e. The van der Waals surface area contributed by atoms with Crippen LogP contribution in [0.1, 0.15) is 33.8 Å². The lowest BCUT2D eigenvalue weighted by Gasteiger charge is -2.37. The molecule has 2 aliphatic rings. The van der Waals surface area contributed by atoms with Gasteiger partial charge in [0.1, 0.15) is 6.04 Å². The molecule has 2 aliphatic heterocycles. The summed E-state index contributed by atoms with van der Waals surface area (Å²) in [5.41, 5.74) is 0.0692. The number of furan rings is 1. The molecule has 0 bridgehead atoms. The van der Waals surface area contributed by atoms with Gasteiger partial charge in [0.05, 0.1) is 6.26 Å². The summed E-state index contributed by atoms with van der Waals surface area (Å²) in [4.78, 5) is 42.9. The highest BCUT2D eigenvalue weighted by Gasteiger charge is 2.38. The van der Waals surface area contributed by atoms with Crippen LogP contribution in [0.15, 0.2) is 41.0 Å². The van der Waals surface area contributed by atoms with Gasteiger partial charge in [0.15, 0.2) is 17.4 Å². The maximum atomic E-state index is 13.4. The number of carbonyl (C=O) groups is 3. The van der Waals surface area contributed by atoms with Crippen molar-refractivity contribution in [3.8, 4) is 0 Å². The van der Waals surface area contributed by atoms with E-state index in [0.717, 1.165) is 18.6 Å². The van der Waals surface area contributed by atoms with Crippen LogP contribution in [-0.4, -0.2) is 71.2 Å². The Morgan fingerprint density at radius 3 is 2.30 bits per heavy atom. The first-order valence-electron chi connectivity index (χ1n) is 9.83. The average molecular weight is 417 g/mol. The third-order valence-corrected chi connectivity index (χ3v) is 5.58. The first-order valence-corrected chi connectivity index (χ1v) is 9.83.